The van der Waals surface area contributed by atoms with E-state index in [4.69, 9.17) is 0 Å². The molecule has 0 spiro atoms. The predicted octanol–water partition coefficient (Wildman–Crippen LogP) is 2.71. The number of halogens is 1. The summed E-state index contributed by atoms with van der Waals surface area (Å²) in [6, 6.07) is 2.00. The van der Waals surface area contributed by atoms with Gasteiger partial charge < -0.3 is 0 Å². The maximum Gasteiger partial charge on any atom is 0.0806 e. The highest BCUT2D eigenvalue weighted by Crippen LogP contribution is 2.24. The highest BCUT2D eigenvalue weighted by atomic mass is 79.9. The molecule has 0 unspecified atom stereocenters. The highest BCUT2D eigenvalue weighted by molar-refractivity contribution is 9.10. The second kappa shape index (κ2) is 2.59. The fraction of sp³-hybridized carbons (Fsp3) is 0.222. The summed E-state index contributed by atoms with van der Waals surface area (Å²) in [5.41, 5.74) is 3.65. The summed E-state index contributed by atoms with van der Waals surface area (Å²) >= 11 is 3.55. The second-order valence-corrected chi connectivity index (χ2v) is 3.71. The first kappa shape index (κ1) is 7.80. The van der Waals surface area contributed by atoms with Crippen LogP contribution in [0.2, 0.25) is 0 Å². The topological polar surface area (TPSA) is 17.3 Å². The first-order chi connectivity index (χ1) is 5.70. The fourth-order valence-electron chi connectivity index (χ4n) is 1.24. The molecule has 2 heterocycles. The van der Waals surface area contributed by atoms with Gasteiger partial charge in [-0.25, -0.2) is 4.52 Å². The predicted molar refractivity (Wildman–Crippen MR) is 52.4 cm³/mol. The molecule has 2 aromatic rings. The number of aromatic nitrogens is 2. The molecule has 0 bridgehead atoms. The maximum atomic E-state index is 4.17. The summed E-state index contributed by atoms with van der Waals surface area (Å²) in [5, 5.41) is 4.17. The van der Waals surface area contributed by atoms with Crippen LogP contribution in [0.25, 0.3) is 5.52 Å². The Morgan fingerprint density at radius 3 is 2.92 bits per heavy atom. The first-order valence-corrected chi connectivity index (χ1v) is 4.58. The molecule has 0 amide bonds. The van der Waals surface area contributed by atoms with Crippen molar-refractivity contribution in [1.82, 2.24) is 9.61 Å². The lowest BCUT2D eigenvalue weighted by Crippen LogP contribution is -1.92. The number of fused-ring (bicyclic) bond motifs is 1. The minimum absolute atomic E-state index is 1.12. The van der Waals surface area contributed by atoms with Crippen LogP contribution in [0.5, 0.6) is 0 Å². The summed E-state index contributed by atoms with van der Waals surface area (Å²) in [5.74, 6) is 0. The summed E-state index contributed by atoms with van der Waals surface area (Å²) in [7, 11) is 0. The molecule has 2 nitrogen and oxygen atoms in total. The van der Waals surface area contributed by atoms with E-state index >= 15 is 0 Å². The van der Waals surface area contributed by atoms with Gasteiger partial charge >= 0.3 is 0 Å². The van der Waals surface area contributed by atoms with E-state index in [0.717, 1.165) is 9.99 Å². The number of nitrogens with zero attached hydrogens (tertiary/aromatic N) is 2. The molecule has 62 valence electrons. The number of pyridine rings is 1. The molecule has 12 heavy (non-hydrogen) atoms. The van der Waals surface area contributed by atoms with Gasteiger partial charge in [0.05, 0.1) is 11.7 Å². The molecule has 0 saturated heterocycles. The van der Waals surface area contributed by atoms with Crippen molar-refractivity contribution in [3.05, 3.63) is 34.1 Å². The molecular formula is C9H9BrN2. The number of hydrogen-bond donors (Lipinski definition) is 0. The Balaban J connectivity index is 2.94. The lowest BCUT2D eigenvalue weighted by Gasteiger charge is -2.04. The van der Waals surface area contributed by atoms with Gasteiger partial charge in [-0.15, -0.1) is 0 Å². The van der Waals surface area contributed by atoms with Gasteiger partial charge in [-0.1, -0.05) is 0 Å². The summed E-state index contributed by atoms with van der Waals surface area (Å²) in [4.78, 5) is 0. The van der Waals surface area contributed by atoms with Crippen LogP contribution in [0.15, 0.2) is 22.9 Å². The lowest BCUT2D eigenvalue weighted by atomic mass is 10.2. The quantitative estimate of drug-likeness (QED) is 0.673. The molecule has 0 N–H and O–H groups in total. The van der Waals surface area contributed by atoms with Gasteiger partial charge in [-0.3, -0.25) is 0 Å². The van der Waals surface area contributed by atoms with Crippen molar-refractivity contribution >= 4 is 21.4 Å². The molecule has 2 rings (SSSR count). The molecule has 0 atom stereocenters. The van der Waals surface area contributed by atoms with E-state index in [1.165, 1.54) is 11.1 Å². The van der Waals surface area contributed by atoms with Gasteiger partial charge in [-0.05, 0) is 47.0 Å². The fourth-order valence-corrected chi connectivity index (χ4v) is 1.86. The van der Waals surface area contributed by atoms with Crippen LogP contribution in [0.4, 0.5) is 0 Å². The van der Waals surface area contributed by atoms with Crippen LogP contribution in [0, 0.1) is 13.8 Å². The van der Waals surface area contributed by atoms with Gasteiger partial charge in [0.15, 0.2) is 0 Å². The monoisotopic (exact) mass is 224 g/mol. The van der Waals surface area contributed by atoms with Crippen molar-refractivity contribution in [3.63, 3.8) is 0 Å². The van der Waals surface area contributed by atoms with Crippen molar-refractivity contribution < 1.29 is 0 Å². The Kier molecular flexibility index (Phi) is 1.68. The van der Waals surface area contributed by atoms with E-state index in [-0.39, 0.29) is 0 Å². The molecule has 0 aromatic carbocycles. The highest BCUT2D eigenvalue weighted by Gasteiger charge is 2.04. The molecule has 0 saturated carbocycles. The molecule has 0 aliphatic rings. The first-order valence-electron chi connectivity index (χ1n) is 3.79. The molecule has 2 aromatic heterocycles. The minimum Gasteiger partial charge on any atom is -0.240 e. The van der Waals surface area contributed by atoms with E-state index in [9.17, 15) is 0 Å². The van der Waals surface area contributed by atoms with E-state index in [1.54, 1.807) is 6.20 Å². The zero-order chi connectivity index (χ0) is 8.72. The molecule has 0 aliphatic heterocycles. The van der Waals surface area contributed by atoms with E-state index in [2.05, 4.69) is 34.9 Å². The average Bonchev–Trinajstić information content (AvgIpc) is 2.48. The standard InChI is InChI=1S/C9H9BrN2/c1-6-5-12-8(3-4-11-12)9(10)7(6)2/h3-5H,1-2H3. The minimum atomic E-state index is 1.12. The van der Waals surface area contributed by atoms with Crippen LogP contribution < -0.4 is 0 Å². The van der Waals surface area contributed by atoms with Crippen LogP contribution in [-0.4, -0.2) is 9.61 Å². The third kappa shape index (κ3) is 0.966. The van der Waals surface area contributed by atoms with Crippen molar-refractivity contribution in [2.75, 3.05) is 0 Å². The van der Waals surface area contributed by atoms with Crippen LogP contribution in [-0.2, 0) is 0 Å². The zero-order valence-electron chi connectivity index (χ0n) is 7.00. The molecule has 0 fully saturated rings. The molecule has 0 radical (unpaired) electrons. The van der Waals surface area contributed by atoms with Gasteiger partial charge in [0.2, 0.25) is 0 Å². The summed E-state index contributed by atoms with van der Waals surface area (Å²) < 4.78 is 3.02. The Labute approximate surface area is 79.3 Å². The largest absolute Gasteiger partial charge is 0.240 e. The molecule has 3 heteroatoms. The van der Waals surface area contributed by atoms with Crippen molar-refractivity contribution in [2.45, 2.75) is 13.8 Å². The molecular weight excluding hydrogens is 216 g/mol. The molecule has 0 aliphatic carbocycles. The maximum absolute atomic E-state index is 4.17. The zero-order valence-corrected chi connectivity index (χ0v) is 8.59. The number of aryl methyl sites for hydroxylation is 1. The third-order valence-electron chi connectivity index (χ3n) is 2.13. The van der Waals surface area contributed by atoms with Gasteiger partial charge in [0.1, 0.15) is 0 Å². The van der Waals surface area contributed by atoms with Crippen LogP contribution in [0.3, 0.4) is 0 Å². The smallest absolute Gasteiger partial charge is 0.0806 e. The Hall–Kier alpha value is -0.830. The van der Waals surface area contributed by atoms with E-state index in [1.807, 2.05) is 16.8 Å². The van der Waals surface area contributed by atoms with E-state index in [0.29, 0.717) is 0 Å². The summed E-state index contributed by atoms with van der Waals surface area (Å²) in [6.45, 7) is 4.19. The Bertz CT molecular complexity index is 431. The van der Waals surface area contributed by atoms with Crippen molar-refractivity contribution in [1.29, 1.82) is 0 Å². The normalized spacial score (nSPS) is 10.9. The average molecular weight is 225 g/mol. The van der Waals surface area contributed by atoms with E-state index < -0.39 is 0 Å². The van der Waals surface area contributed by atoms with Crippen molar-refractivity contribution in [3.8, 4) is 0 Å². The van der Waals surface area contributed by atoms with Gasteiger partial charge in [0.25, 0.3) is 0 Å². The van der Waals surface area contributed by atoms with Crippen LogP contribution >= 0.6 is 15.9 Å². The van der Waals surface area contributed by atoms with Crippen molar-refractivity contribution in [2.24, 2.45) is 0 Å². The Morgan fingerprint density at radius 2 is 2.17 bits per heavy atom. The van der Waals surface area contributed by atoms with Crippen LogP contribution in [0.1, 0.15) is 11.1 Å². The Morgan fingerprint density at radius 1 is 1.42 bits per heavy atom. The van der Waals surface area contributed by atoms with Gasteiger partial charge in [0, 0.05) is 10.7 Å². The second-order valence-electron chi connectivity index (χ2n) is 2.91. The van der Waals surface area contributed by atoms with Gasteiger partial charge in [-0.2, -0.15) is 5.10 Å². The number of hydrogen-bond acceptors (Lipinski definition) is 1. The summed E-state index contributed by atoms with van der Waals surface area (Å²) in [6.07, 6.45) is 3.84. The number of rotatable bonds is 0. The third-order valence-corrected chi connectivity index (χ3v) is 3.13. The lowest BCUT2D eigenvalue weighted by molar-refractivity contribution is 0.943. The SMILES string of the molecule is Cc1cn2nccc2c(Br)c1C.